The van der Waals surface area contributed by atoms with Gasteiger partial charge in [0.05, 0.1) is 6.21 Å². The van der Waals surface area contributed by atoms with E-state index in [1.54, 1.807) is 0 Å². The van der Waals surface area contributed by atoms with Crippen LogP contribution in [0.2, 0.25) is 0 Å². The van der Waals surface area contributed by atoms with E-state index in [1.165, 1.54) is 13.1 Å². The van der Waals surface area contributed by atoms with Gasteiger partial charge in [-0.05, 0) is 6.42 Å². The van der Waals surface area contributed by atoms with E-state index in [0.717, 1.165) is 0 Å². The smallest absolute Gasteiger partial charge is 0.226 e. The van der Waals surface area contributed by atoms with Gasteiger partial charge in [0.2, 0.25) is 18.3 Å². The van der Waals surface area contributed by atoms with E-state index in [1.807, 2.05) is 12.2 Å². The summed E-state index contributed by atoms with van der Waals surface area (Å²) in [6, 6.07) is -0.0881. The minimum Gasteiger partial charge on any atom is -0.396 e. The van der Waals surface area contributed by atoms with Gasteiger partial charge in [-0.15, -0.1) is 0 Å². The molecule has 22 heavy (non-hydrogen) atoms. The lowest BCUT2D eigenvalue weighted by atomic mass is 10.1. The first-order valence-electron chi connectivity index (χ1n) is 6.82. The number of aliphatic imine (C=N–C) groups is 2. The van der Waals surface area contributed by atoms with Crippen LogP contribution in [0.3, 0.4) is 0 Å². The molecule has 2 amide bonds. The second-order valence-electron chi connectivity index (χ2n) is 5.17. The molecule has 0 bridgehead atoms. The van der Waals surface area contributed by atoms with Gasteiger partial charge in [-0.3, -0.25) is 20.2 Å². The van der Waals surface area contributed by atoms with Crippen LogP contribution in [0.5, 0.6) is 0 Å². The number of carbonyl (C=O) groups excluding carboxylic acids is 2. The van der Waals surface area contributed by atoms with Crippen LogP contribution in [0.4, 0.5) is 0 Å². The molecule has 0 saturated heterocycles. The number of halogens is 1. The molecule has 8 nitrogen and oxygen atoms in total. The zero-order chi connectivity index (χ0) is 16.2. The van der Waals surface area contributed by atoms with Gasteiger partial charge >= 0.3 is 0 Å². The molecule has 0 spiro atoms. The number of alkyl halides is 1. The lowest BCUT2D eigenvalue weighted by molar-refractivity contribution is -0.117. The molecule has 0 aromatic heterocycles. The first-order chi connectivity index (χ1) is 10.5. The Kier molecular flexibility index (Phi) is 5.28. The fraction of sp³-hybridized carbons (Fsp3) is 0.538. The largest absolute Gasteiger partial charge is 0.396 e. The van der Waals surface area contributed by atoms with Crippen LogP contribution < -0.4 is 16.0 Å². The predicted octanol–water partition coefficient (Wildman–Crippen LogP) is -0.903. The maximum absolute atomic E-state index is 11.0. The average Bonchev–Trinajstić information content (AvgIpc) is 2.90. The van der Waals surface area contributed by atoms with Crippen LogP contribution in [0.15, 0.2) is 22.1 Å². The third-order valence-corrected chi connectivity index (χ3v) is 3.86. The second-order valence-corrected chi connectivity index (χ2v) is 5.59. The number of guanidine groups is 1. The highest BCUT2D eigenvalue weighted by molar-refractivity contribution is 6.24. The number of nitrogens with one attached hydrogen (secondary N) is 3. The Morgan fingerprint density at radius 1 is 1.59 bits per heavy atom. The number of hydrogen-bond donors (Lipinski definition) is 4. The lowest BCUT2D eigenvalue weighted by Crippen LogP contribution is -2.67. The Labute approximate surface area is 132 Å². The Morgan fingerprint density at radius 3 is 2.91 bits per heavy atom. The van der Waals surface area contributed by atoms with E-state index in [9.17, 15) is 9.59 Å². The molecule has 0 saturated carbocycles. The molecule has 120 valence electrons. The van der Waals surface area contributed by atoms with E-state index in [0.29, 0.717) is 12.8 Å². The summed E-state index contributed by atoms with van der Waals surface area (Å²) < 4.78 is 0. The summed E-state index contributed by atoms with van der Waals surface area (Å²) in [7, 11) is 0. The van der Waals surface area contributed by atoms with E-state index in [4.69, 9.17) is 16.7 Å². The molecule has 1 aliphatic heterocycles. The van der Waals surface area contributed by atoms with E-state index < -0.39 is 11.2 Å². The highest BCUT2D eigenvalue weighted by Gasteiger charge is 2.41. The number of aliphatic hydroxyl groups is 1. The van der Waals surface area contributed by atoms with E-state index in [-0.39, 0.29) is 30.4 Å². The Morgan fingerprint density at radius 2 is 2.36 bits per heavy atom. The third kappa shape index (κ3) is 3.70. The van der Waals surface area contributed by atoms with Crippen LogP contribution in [-0.2, 0) is 9.59 Å². The fourth-order valence-electron chi connectivity index (χ4n) is 2.36. The number of amides is 2. The SMILES string of the molecule is CC(=O)NC1=N[C@@H](Cl)C(NC=O)(N[C@H]2C=C[C@@H](CO)C2)C=N1. The Hall–Kier alpha value is -1.77. The molecule has 0 aromatic rings. The van der Waals surface area contributed by atoms with Gasteiger partial charge in [0, 0.05) is 25.5 Å². The van der Waals surface area contributed by atoms with Crippen LogP contribution >= 0.6 is 11.6 Å². The number of aliphatic hydroxyl groups excluding tert-OH is 1. The molecule has 9 heteroatoms. The minimum atomic E-state index is -1.16. The van der Waals surface area contributed by atoms with E-state index >= 15 is 0 Å². The van der Waals surface area contributed by atoms with Gasteiger partial charge in [0.1, 0.15) is 0 Å². The van der Waals surface area contributed by atoms with Crippen molar-refractivity contribution in [2.45, 2.75) is 30.6 Å². The summed E-state index contributed by atoms with van der Waals surface area (Å²) in [4.78, 5) is 30.0. The average molecular weight is 328 g/mol. The standard InChI is InChI=1S/C13H18ClN5O3/c1-8(22)17-12-15-6-13(16-7-21,11(14)18-12)19-10-3-2-9(4-10)5-20/h2-3,6-7,9-11,19-20H,4-5H2,1H3,(H,16,21)(H,17,18,22)/t9-,10+,11-,13?/m1/s1. The number of carbonyl (C=O) groups is 2. The van der Waals surface area contributed by atoms with Crippen LogP contribution in [0, 0.1) is 5.92 Å². The first kappa shape index (κ1) is 16.6. The molecule has 4 atom stereocenters. The van der Waals surface area contributed by atoms with Crippen molar-refractivity contribution in [1.29, 1.82) is 0 Å². The highest BCUT2D eigenvalue weighted by Crippen LogP contribution is 2.23. The zero-order valence-electron chi connectivity index (χ0n) is 12.0. The summed E-state index contributed by atoms with van der Waals surface area (Å²) in [5, 5.41) is 17.4. The lowest BCUT2D eigenvalue weighted by Gasteiger charge is -2.37. The van der Waals surface area contributed by atoms with Gasteiger partial charge in [-0.1, -0.05) is 23.8 Å². The molecular weight excluding hydrogens is 310 g/mol. The maximum atomic E-state index is 11.0. The molecular formula is C13H18ClN5O3. The normalized spacial score (nSPS) is 33.4. The molecule has 1 heterocycles. The van der Waals surface area contributed by atoms with Gasteiger partial charge < -0.3 is 10.4 Å². The van der Waals surface area contributed by atoms with Crippen molar-refractivity contribution in [3.63, 3.8) is 0 Å². The highest BCUT2D eigenvalue weighted by atomic mass is 35.5. The summed E-state index contributed by atoms with van der Waals surface area (Å²) in [6.07, 6.45) is 6.41. The van der Waals surface area contributed by atoms with Crippen molar-refractivity contribution in [3.05, 3.63) is 12.2 Å². The quantitative estimate of drug-likeness (QED) is 0.172. The third-order valence-electron chi connectivity index (χ3n) is 3.42. The Balaban J connectivity index is 2.12. The summed E-state index contributed by atoms with van der Waals surface area (Å²) in [5.41, 5.74) is -2.05. The first-order valence-corrected chi connectivity index (χ1v) is 7.25. The van der Waals surface area contributed by atoms with Crippen molar-refractivity contribution in [2.75, 3.05) is 6.61 Å². The number of hydrogen-bond acceptors (Lipinski definition) is 6. The molecule has 1 unspecified atom stereocenters. The molecule has 2 aliphatic rings. The van der Waals surface area contributed by atoms with Crippen molar-refractivity contribution in [1.82, 2.24) is 16.0 Å². The van der Waals surface area contributed by atoms with Crippen LogP contribution in [0.25, 0.3) is 0 Å². The number of nitrogens with zero attached hydrogens (tertiary/aromatic N) is 2. The topological polar surface area (TPSA) is 115 Å². The monoisotopic (exact) mass is 327 g/mol. The summed E-state index contributed by atoms with van der Waals surface area (Å²) in [5.74, 6) is -0.153. The van der Waals surface area contributed by atoms with Gasteiger partial charge in [-0.25, -0.2) is 9.98 Å². The molecule has 4 N–H and O–H groups in total. The molecule has 0 aromatic carbocycles. The summed E-state index contributed by atoms with van der Waals surface area (Å²) >= 11 is 6.26. The van der Waals surface area contributed by atoms with Crippen molar-refractivity contribution >= 4 is 36.1 Å². The zero-order valence-corrected chi connectivity index (χ0v) is 12.7. The molecule has 0 fully saturated rings. The van der Waals surface area contributed by atoms with Gasteiger partial charge in [0.15, 0.2) is 11.2 Å². The maximum Gasteiger partial charge on any atom is 0.226 e. The Bertz CT molecular complexity index is 536. The van der Waals surface area contributed by atoms with Gasteiger partial charge in [0.25, 0.3) is 0 Å². The number of rotatable bonds is 5. The van der Waals surface area contributed by atoms with Crippen LogP contribution in [0.1, 0.15) is 13.3 Å². The van der Waals surface area contributed by atoms with Crippen molar-refractivity contribution in [3.8, 4) is 0 Å². The predicted molar refractivity (Wildman–Crippen MR) is 82.6 cm³/mol. The molecule has 2 rings (SSSR count). The van der Waals surface area contributed by atoms with Crippen LogP contribution in [-0.4, -0.2) is 53.4 Å². The second kappa shape index (κ2) is 6.99. The van der Waals surface area contributed by atoms with Gasteiger partial charge in [-0.2, -0.15) is 0 Å². The van der Waals surface area contributed by atoms with Crippen molar-refractivity contribution in [2.24, 2.45) is 15.9 Å². The fourth-order valence-corrected chi connectivity index (χ4v) is 2.64. The summed E-state index contributed by atoms with van der Waals surface area (Å²) in [6.45, 7) is 1.40. The molecule has 1 aliphatic carbocycles. The van der Waals surface area contributed by atoms with E-state index in [2.05, 4.69) is 25.9 Å². The minimum absolute atomic E-state index is 0.0615. The van der Waals surface area contributed by atoms with Crippen molar-refractivity contribution < 1.29 is 14.7 Å². The molecule has 0 radical (unpaired) electrons.